The molecule has 4 aromatic heterocycles. The van der Waals surface area contributed by atoms with Crippen molar-refractivity contribution in [2.24, 2.45) is 11.8 Å². The zero-order chi connectivity index (χ0) is 71.0. The topological polar surface area (TPSA) is 459 Å². The van der Waals surface area contributed by atoms with Crippen molar-refractivity contribution in [3.8, 4) is 0 Å². The lowest BCUT2D eigenvalue weighted by Crippen LogP contribution is -2.33. The highest BCUT2D eigenvalue weighted by Gasteiger charge is 2.50. The van der Waals surface area contributed by atoms with E-state index < -0.39 is 215 Å². The number of carbonyl (C=O) groups excluding carboxylic acids is 4. The normalized spacial score (nSPS) is 25.7. The molecule has 4 fully saturated rings. The van der Waals surface area contributed by atoms with E-state index in [4.69, 9.17) is 61.7 Å². The predicted octanol–water partition coefficient (Wildman–Crippen LogP) is 3.73. The summed E-state index contributed by atoms with van der Waals surface area (Å²) in [5.74, 6) is -5.13. The maximum atomic E-state index is 15.3. The molecule has 528 valence electrons. The van der Waals surface area contributed by atoms with Crippen LogP contribution in [0.3, 0.4) is 0 Å². The Kier molecular flexibility index (Phi) is 25.1. The number of carbonyl (C=O) groups is 4. The van der Waals surface area contributed by atoms with Crippen LogP contribution < -0.4 is 45.0 Å². The van der Waals surface area contributed by atoms with Crippen LogP contribution in [0.2, 0.25) is 0 Å². The molecule has 4 aliphatic rings. The van der Waals surface area contributed by atoms with Gasteiger partial charge in [0.05, 0.1) is 43.7 Å². The first-order valence-electron chi connectivity index (χ1n) is 30.6. The molecule has 4 aromatic rings. The summed E-state index contributed by atoms with van der Waals surface area (Å²) in [6.07, 6.45) is -12.9. The third kappa shape index (κ3) is 19.5. The van der Waals surface area contributed by atoms with E-state index in [9.17, 15) is 66.7 Å². The Morgan fingerprint density at radius 2 is 0.927 bits per heavy atom. The number of hydrogen-bond acceptors (Lipinski definition) is 30. The monoisotopic (exact) mass is 1450 g/mol. The van der Waals surface area contributed by atoms with Gasteiger partial charge >= 0.3 is 62.5 Å². The Bertz CT molecular complexity index is 4190. The first-order chi connectivity index (χ1) is 45.7. The van der Waals surface area contributed by atoms with Crippen LogP contribution >= 0.6 is 44.6 Å². The molecular weight excluding hydrogens is 1380 g/mol. The number of hydrogen-bond donors (Lipinski definition) is 4. The van der Waals surface area contributed by atoms with Crippen LogP contribution in [0.4, 0.5) is 0 Å². The standard InChI is InChI=1S/C55H73N8O28P3S2/c1-26(2)50(70)79-24-95-93(77,90-34-13-41(84-33(34)10)60-17-28(5)46(66)56-52(60)72)83-23-40-36(15-43(87-40)62-19-30(7)48(68)58-54(62)74)89-92(76)81-21-38-37(16-44(85-38)63-20-31(8)49(69)59-55(63)75)91-94(78,96-25-80-51(71)27(3)4)82-22-39-35(88-45(65)12-11-32(9)64)14-42(86-39)61-18-29(6)47(67)57-53(61)73/h17-20,26-27,33-44H,11-16,21-25H2,1-10H3,(H3-,56,57,58,59,66,67,68,69,72,73,74,75)/p+1/t33-,34?,35?,36?,37?,38-,39-,40-,41-,42-,43-,44-,93?,94?/m1/s1/i10D. The van der Waals surface area contributed by atoms with Crippen molar-refractivity contribution in [1.29, 1.82) is 0 Å². The van der Waals surface area contributed by atoms with Gasteiger partial charge in [0.15, 0.2) is 0 Å². The zero-order valence-corrected chi connectivity index (χ0v) is 57.6. The molecule has 36 nitrogen and oxygen atoms in total. The van der Waals surface area contributed by atoms with Gasteiger partial charge in [-0.2, -0.15) is 0 Å². The minimum Gasteiger partial charge on any atom is -0.459 e. The molecule has 0 bridgehead atoms. The summed E-state index contributed by atoms with van der Waals surface area (Å²) in [7, 11) is -3.39. The minimum atomic E-state index is -4.81. The molecule has 7 unspecified atom stereocenters. The van der Waals surface area contributed by atoms with Crippen LogP contribution in [0.1, 0.15) is 129 Å². The number of aryl methyl sites for hydroxylation is 4. The molecule has 0 saturated carbocycles. The fourth-order valence-electron chi connectivity index (χ4n) is 9.86. The first-order valence-corrected chi connectivity index (χ1v) is 37.2. The van der Waals surface area contributed by atoms with Crippen LogP contribution in [-0.2, 0) is 93.2 Å². The lowest BCUT2D eigenvalue weighted by Gasteiger charge is -2.25. The van der Waals surface area contributed by atoms with Gasteiger partial charge in [-0.3, -0.25) is 89.9 Å². The van der Waals surface area contributed by atoms with Crippen molar-refractivity contribution in [2.75, 3.05) is 31.7 Å². The van der Waals surface area contributed by atoms with E-state index in [1.807, 2.05) is 0 Å². The van der Waals surface area contributed by atoms with Gasteiger partial charge in [-0.25, -0.2) is 28.3 Å². The molecule has 15 atom stereocenters. The molecule has 0 spiro atoms. The van der Waals surface area contributed by atoms with Crippen molar-refractivity contribution in [3.63, 3.8) is 0 Å². The largest absolute Gasteiger partial charge is 0.697 e. The number of aromatic nitrogens is 8. The maximum absolute atomic E-state index is 15.3. The number of ether oxygens (including phenoxy) is 7. The van der Waals surface area contributed by atoms with E-state index in [-0.39, 0.29) is 60.1 Å². The summed E-state index contributed by atoms with van der Waals surface area (Å²) in [5.41, 5.74) is -6.04. The molecule has 0 amide bonds. The maximum Gasteiger partial charge on any atom is 0.697 e. The third-order valence-corrected chi connectivity index (χ3v) is 22.7. The second-order valence-corrected chi connectivity index (χ2v) is 32.1. The Morgan fingerprint density at radius 3 is 1.33 bits per heavy atom. The minimum absolute atomic E-state index is 0.0546. The molecule has 8 heterocycles. The number of nitrogens with one attached hydrogen (secondary N) is 4. The molecule has 96 heavy (non-hydrogen) atoms. The number of nitrogens with zero attached hydrogens (tertiary/aromatic N) is 4. The fraction of sp³-hybridized carbons (Fsp3) is 0.636. The first kappa shape index (κ1) is 73.9. The molecule has 0 aromatic carbocycles. The molecule has 4 N–H and O–H groups in total. The van der Waals surface area contributed by atoms with Crippen LogP contribution in [-0.4, -0.2) is 142 Å². The zero-order valence-electron chi connectivity index (χ0n) is 54.3. The number of rotatable bonds is 31. The SMILES string of the molecule is [2H]C[C@H]1O[C@@H](n2cc(C)c(=O)[nH]c2=O)CC1OP(=O)(OC[C@H]1O[C@@H](n2cc(C)c(=O)[nH]c2=O)CC1O[P+](=O)OC[C@H]1O[C@@H](n2cc(C)c(=O)[nH]c2=O)CC1OP(=O)(OC[C@H]1O[C@@H](n2cc(C)c(=O)[nH]c2=O)CC1OC(=O)CCC(C)=O)SCOC(=O)C(C)C)SCOC(=O)C(C)C. The Morgan fingerprint density at radius 1 is 0.562 bits per heavy atom. The highest BCUT2D eigenvalue weighted by Crippen LogP contribution is 2.64. The lowest BCUT2D eigenvalue weighted by molar-refractivity contribution is -0.153. The highest BCUT2D eigenvalue weighted by molar-refractivity contribution is 8.55. The summed E-state index contributed by atoms with van der Waals surface area (Å²) >= 11 is 0.777. The van der Waals surface area contributed by atoms with Crippen LogP contribution in [0.5, 0.6) is 0 Å². The number of H-pyrrole nitrogens is 4. The van der Waals surface area contributed by atoms with E-state index in [0.29, 0.717) is 22.8 Å². The van der Waals surface area contributed by atoms with Gasteiger partial charge in [-0.15, -0.1) is 9.05 Å². The van der Waals surface area contributed by atoms with Gasteiger partial charge in [-0.1, -0.05) is 27.7 Å². The van der Waals surface area contributed by atoms with Gasteiger partial charge in [0.1, 0.15) is 85.8 Å². The number of esters is 3. The highest BCUT2D eigenvalue weighted by atomic mass is 32.7. The summed E-state index contributed by atoms with van der Waals surface area (Å²) < 4.78 is 134. The Labute approximate surface area is 554 Å². The quantitative estimate of drug-likeness (QED) is 0.0241. The lowest BCUT2D eigenvalue weighted by atomic mass is 10.1. The third-order valence-electron chi connectivity index (χ3n) is 15.2. The van der Waals surface area contributed by atoms with Crippen LogP contribution in [0, 0.1) is 39.5 Å². The number of aromatic amines is 4. The van der Waals surface area contributed by atoms with Crippen molar-refractivity contribution in [2.45, 2.75) is 181 Å². The summed E-state index contributed by atoms with van der Waals surface area (Å²) in [4.78, 5) is 161. The number of ketones is 1. The summed E-state index contributed by atoms with van der Waals surface area (Å²) in [5, 5.41) is 0. The van der Waals surface area contributed by atoms with Crippen molar-refractivity contribution < 1.29 is 94.5 Å². The van der Waals surface area contributed by atoms with E-state index in [2.05, 4.69) is 19.9 Å². The van der Waals surface area contributed by atoms with Gasteiger partial charge in [0.2, 0.25) is 0 Å². The average Bonchev–Trinajstić information content (AvgIpc) is 2.01. The van der Waals surface area contributed by atoms with Gasteiger partial charge in [0.25, 0.3) is 22.2 Å². The molecule has 8 rings (SSSR count). The van der Waals surface area contributed by atoms with Gasteiger partial charge in [0, 0.05) is 108 Å². The molecule has 0 radical (unpaired) electrons. The smallest absolute Gasteiger partial charge is 0.459 e. The van der Waals surface area contributed by atoms with Gasteiger partial charge in [-0.05, 0) is 41.5 Å². The van der Waals surface area contributed by atoms with E-state index in [1.165, 1.54) is 73.3 Å². The van der Waals surface area contributed by atoms with Crippen molar-refractivity contribution in [3.05, 3.63) is 130 Å². The van der Waals surface area contributed by atoms with Crippen molar-refractivity contribution >= 4 is 68.3 Å². The second kappa shape index (κ2) is 32.6. The van der Waals surface area contributed by atoms with E-state index >= 15 is 4.57 Å². The fourth-order valence-corrected chi connectivity index (χ4v) is 16.3. The number of Topliss-reactive ketones (excluding diaryl/α,β-unsaturated/α-hetero) is 1. The van der Waals surface area contributed by atoms with E-state index in [0.717, 1.165) is 18.3 Å². The van der Waals surface area contributed by atoms with Crippen LogP contribution in [0.15, 0.2) is 63.1 Å². The Balaban J connectivity index is 1.06. The molecular formula is C55H74N8O28P3S2+. The predicted molar refractivity (Wildman–Crippen MR) is 336 cm³/mol. The van der Waals surface area contributed by atoms with Gasteiger partial charge < -0.3 is 38.0 Å². The second-order valence-electron chi connectivity index (χ2n) is 23.3. The van der Waals surface area contributed by atoms with Crippen molar-refractivity contribution in [1.82, 2.24) is 38.2 Å². The summed E-state index contributed by atoms with van der Waals surface area (Å²) in [6, 6.07) is 0. The molecule has 4 saturated heterocycles. The molecule has 0 aliphatic carbocycles. The molecule has 4 aliphatic heterocycles. The summed E-state index contributed by atoms with van der Waals surface area (Å²) in [6.45, 7) is 0.841. The Hall–Kier alpha value is -6.34. The molecule has 41 heteroatoms. The average molecular weight is 1450 g/mol. The van der Waals surface area contributed by atoms with Crippen LogP contribution in [0.25, 0.3) is 0 Å². The van der Waals surface area contributed by atoms with E-state index in [1.54, 1.807) is 13.8 Å².